The number of hydrogen-bond donors (Lipinski definition) is 1. The highest BCUT2D eigenvalue weighted by Crippen LogP contribution is 2.40. The number of nitrogens with zero attached hydrogens (tertiary/aromatic N) is 1. The first kappa shape index (κ1) is 12.4. The molecule has 1 heterocycles. The van der Waals surface area contributed by atoms with Crippen LogP contribution in [0, 0.1) is 11.3 Å². The Morgan fingerprint density at radius 2 is 2.06 bits per heavy atom. The number of aliphatic hydroxyl groups is 1. The molecule has 1 saturated carbocycles. The second-order valence-electron chi connectivity index (χ2n) is 6.49. The van der Waals surface area contributed by atoms with Gasteiger partial charge in [-0.05, 0) is 43.6 Å². The maximum Gasteiger partial charge on any atom is 0.0555 e. The Morgan fingerprint density at radius 3 is 2.69 bits per heavy atom. The molecule has 3 atom stereocenters. The third kappa shape index (κ3) is 2.43. The zero-order valence-corrected chi connectivity index (χ0v) is 11.1. The standard InChI is InChI=1S/C14H27NO/c1-4-11-6-8-15(10-11)13-9-12(16)5-7-14(13,2)3/h11-13,16H,4-10H2,1-3H3. The smallest absolute Gasteiger partial charge is 0.0555 e. The summed E-state index contributed by atoms with van der Waals surface area (Å²) in [6.45, 7) is 9.57. The Morgan fingerprint density at radius 1 is 1.31 bits per heavy atom. The van der Waals surface area contributed by atoms with Crippen LogP contribution in [0.15, 0.2) is 0 Å². The number of aliphatic hydroxyl groups excluding tert-OH is 1. The van der Waals surface area contributed by atoms with E-state index in [0.717, 1.165) is 18.8 Å². The second-order valence-corrected chi connectivity index (χ2v) is 6.49. The Hall–Kier alpha value is -0.0800. The summed E-state index contributed by atoms with van der Waals surface area (Å²) in [7, 11) is 0. The quantitative estimate of drug-likeness (QED) is 0.781. The van der Waals surface area contributed by atoms with Crippen LogP contribution in [0.1, 0.15) is 52.9 Å². The van der Waals surface area contributed by atoms with Crippen LogP contribution in [0.2, 0.25) is 0 Å². The van der Waals surface area contributed by atoms with E-state index < -0.39 is 0 Å². The molecule has 2 heteroatoms. The first-order chi connectivity index (χ1) is 7.53. The molecular weight excluding hydrogens is 198 g/mol. The second kappa shape index (κ2) is 4.66. The molecule has 3 unspecified atom stereocenters. The molecule has 0 aromatic heterocycles. The van der Waals surface area contributed by atoms with Gasteiger partial charge in [0.25, 0.3) is 0 Å². The van der Waals surface area contributed by atoms with E-state index in [-0.39, 0.29) is 6.10 Å². The molecule has 1 aliphatic heterocycles. The van der Waals surface area contributed by atoms with Gasteiger partial charge >= 0.3 is 0 Å². The average molecular weight is 225 g/mol. The van der Waals surface area contributed by atoms with Crippen LogP contribution in [0.25, 0.3) is 0 Å². The van der Waals surface area contributed by atoms with E-state index in [9.17, 15) is 5.11 Å². The summed E-state index contributed by atoms with van der Waals surface area (Å²) in [5.74, 6) is 0.898. The molecule has 1 aliphatic carbocycles. The van der Waals surface area contributed by atoms with E-state index in [2.05, 4.69) is 25.7 Å². The van der Waals surface area contributed by atoms with Gasteiger partial charge in [0.05, 0.1) is 6.10 Å². The van der Waals surface area contributed by atoms with E-state index in [1.807, 2.05) is 0 Å². The molecule has 0 spiro atoms. The minimum atomic E-state index is -0.0568. The van der Waals surface area contributed by atoms with Crippen LogP contribution in [0.3, 0.4) is 0 Å². The predicted molar refractivity (Wildman–Crippen MR) is 67.4 cm³/mol. The third-order valence-electron chi connectivity index (χ3n) is 4.85. The van der Waals surface area contributed by atoms with Crippen molar-refractivity contribution in [2.24, 2.45) is 11.3 Å². The van der Waals surface area contributed by atoms with Gasteiger partial charge in [-0.2, -0.15) is 0 Å². The molecule has 2 rings (SSSR count). The molecule has 0 aromatic carbocycles. The fraction of sp³-hybridized carbons (Fsp3) is 1.00. The van der Waals surface area contributed by atoms with Crippen LogP contribution in [-0.2, 0) is 0 Å². The van der Waals surface area contributed by atoms with Gasteiger partial charge in [-0.25, -0.2) is 0 Å². The largest absolute Gasteiger partial charge is 0.393 e. The zero-order chi connectivity index (χ0) is 11.8. The molecule has 16 heavy (non-hydrogen) atoms. The van der Waals surface area contributed by atoms with Gasteiger partial charge in [-0.3, -0.25) is 4.90 Å². The number of hydrogen-bond acceptors (Lipinski definition) is 2. The highest BCUT2D eigenvalue weighted by atomic mass is 16.3. The van der Waals surface area contributed by atoms with Gasteiger partial charge in [0.15, 0.2) is 0 Å². The summed E-state index contributed by atoms with van der Waals surface area (Å²) in [5.41, 5.74) is 0.391. The summed E-state index contributed by atoms with van der Waals surface area (Å²) < 4.78 is 0. The number of rotatable bonds is 2. The highest BCUT2D eigenvalue weighted by molar-refractivity contribution is 4.95. The SMILES string of the molecule is CCC1CCN(C2CC(O)CCC2(C)C)C1. The molecule has 0 radical (unpaired) electrons. The lowest BCUT2D eigenvalue weighted by atomic mass is 9.71. The summed E-state index contributed by atoms with van der Waals surface area (Å²) in [4.78, 5) is 2.65. The molecule has 94 valence electrons. The molecule has 2 aliphatic rings. The first-order valence-corrected chi connectivity index (χ1v) is 6.95. The van der Waals surface area contributed by atoms with E-state index in [0.29, 0.717) is 11.5 Å². The zero-order valence-electron chi connectivity index (χ0n) is 11.1. The lowest BCUT2D eigenvalue weighted by molar-refractivity contribution is -0.00355. The topological polar surface area (TPSA) is 23.5 Å². The molecule has 2 fully saturated rings. The number of likely N-dealkylation sites (tertiary alicyclic amines) is 1. The van der Waals surface area contributed by atoms with E-state index in [1.54, 1.807) is 0 Å². The summed E-state index contributed by atoms with van der Waals surface area (Å²) >= 11 is 0. The molecular formula is C14H27NO. The third-order valence-corrected chi connectivity index (χ3v) is 4.85. The normalized spacial score (nSPS) is 40.1. The molecule has 0 aromatic rings. The van der Waals surface area contributed by atoms with Crippen molar-refractivity contribution in [3.8, 4) is 0 Å². The van der Waals surface area contributed by atoms with Crippen molar-refractivity contribution in [3.63, 3.8) is 0 Å². The van der Waals surface area contributed by atoms with E-state index >= 15 is 0 Å². The summed E-state index contributed by atoms with van der Waals surface area (Å²) in [6.07, 6.45) is 5.77. The Kier molecular flexibility index (Phi) is 3.60. The van der Waals surface area contributed by atoms with Gasteiger partial charge in [-0.1, -0.05) is 27.2 Å². The minimum absolute atomic E-state index is 0.0568. The van der Waals surface area contributed by atoms with Crippen LogP contribution in [0.5, 0.6) is 0 Å². The molecule has 1 N–H and O–H groups in total. The van der Waals surface area contributed by atoms with Gasteiger partial charge in [0.1, 0.15) is 0 Å². The molecule has 1 saturated heterocycles. The van der Waals surface area contributed by atoms with Crippen molar-refractivity contribution in [1.82, 2.24) is 4.90 Å². The van der Waals surface area contributed by atoms with Crippen LogP contribution >= 0.6 is 0 Å². The van der Waals surface area contributed by atoms with Gasteiger partial charge < -0.3 is 5.11 Å². The van der Waals surface area contributed by atoms with E-state index in [4.69, 9.17) is 0 Å². The molecule has 0 bridgehead atoms. The Bertz CT molecular complexity index is 239. The maximum absolute atomic E-state index is 9.87. The van der Waals surface area contributed by atoms with Crippen molar-refractivity contribution in [1.29, 1.82) is 0 Å². The fourth-order valence-corrected chi connectivity index (χ4v) is 3.52. The van der Waals surface area contributed by atoms with Crippen molar-refractivity contribution < 1.29 is 5.11 Å². The maximum atomic E-state index is 9.87. The summed E-state index contributed by atoms with van der Waals surface area (Å²) in [5, 5.41) is 9.87. The first-order valence-electron chi connectivity index (χ1n) is 6.95. The minimum Gasteiger partial charge on any atom is -0.393 e. The highest BCUT2D eigenvalue weighted by Gasteiger charge is 2.41. The van der Waals surface area contributed by atoms with Gasteiger partial charge in [0, 0.05) is 12.6 Å². The lowest BCUT2D eigenvalue weighted by Gasteiger charge is -2.45. The Labute approximate surface area is 100 Å². The van der Waals surface area contributed by atoms with Crippen molar-refractivity contribution in [2.45, 2.75) is 65.0 Å². The predicted octanol–water partition coefficient (Wildman–Crippen LogP) is 2.66. The average Bonchev–Trinajstić information content (AvgIpc) is 2.70. The van der Waals surface area contributed by atoms with Crippen molar-refractivity contribution in [3.05, 3.63) is 0 Å². The molecule has 2 nitrogen and oxygen atoms in total. The van der Waals surface area contributed by atoms with Crippen molar-refractivity contribution >= 4 is 0 Å². The Balaban J connectivity index is 2.01. The van der Waals surface area contributed by atoms with Crippen LogP contribution in [-0.4, -0.2) is 35.2 Å². The van der Waals surface area contributed by atoms with Crippen molar-refractivity contribution in [2.75, 3.05) is 13.1 Å². The fourth-order valence-electron chi connectivity index (χ4n) is 3.52. The molecule has 0 amide bonds. The van der Waals surface area contributed by atoms with Crippen LogP contribution < -0.4 is 0 Å². The van der Waals surface area contributed by atoms with E-state index in [1.165, 1.54) is 32.4 Å². The van der Waals surface area contributed by atoms with Gasteiger partial charge in [-0.15, -0.1) is 0 Å². The van der Waals surface area contributed by atoms with Crippen LogP contribution in [0.4, 0.5) is 0 Å². The van der Waals surface area contributed by atoms with Gasteiger partial charge in [0.2, 0.25) is 0 Å². The lowest BCUT2D eigenvalue weighted by Crippen LogP contribution is -2.49. The summed E-state index contributed by atoms with van der Waals surface area (Å²) in [6, 6.07) is 0.604. The monoisotopic (exact) mass is 225 g/mol.